The third kappa shape index (κ3) is 7.84. The lowest BCUT2D eigenvalue weighted by atomic mass is 9.93. The number of aromatic nitrogens is 4. The van der Waals surface area contributed by atoms with Gasteiger partial charge in [-0.1, -0.05) is 36.4 Å². The number of hydrazine groups is 1. The van der Waals surface area contributed by atoms with E-state index in [0.717, 1.165) is 58.1 Å². The van der Waals surface area contributed by atoms with Gasteiger partial charge in [0.2, 0.25) is 5.91 Å². The van der Waals surface area contributed by atoms with Gasteiger partial charge in [0.25, 0.3) is 11.5 Å². The van der Waals surface area contributed by atoms with Gasteiger partial charge in [-0.25, -0.2) is 19.8 Å². The van der Waals surface area contributed by atoms with Gasteiger partial charge < -0.3 is 29.4 Å². The second kappa shape index (κ2) is 16.5. The molecule has 3 N–H and O–H groups in total. The molecule has 306 valence electrons. The molecule has 1 spiro atoms. The number of allylic oxidation sites excluding steroid dienone is 1. The molecule has 1 aliphatic carbocycles. The average Bonchev–Trinajstić information content (AvgIpc) is 4.01. The van der Waals surface area contributed by atoms with E-state index in [4.69, 9.17) is 19.4 Å². The number of hydrogen-bond acceptors (Lipinski definition) is 12. The molecule has 9 rings (SSSR count). The number of thioether (sulfide) groups is 1. The van der Waals surface area contributed by atoms with Crippen molar-refractivity contribution in [3.8, 4) is 22.4 Å². The van der Waals surface area contributed by atoms with Gasteiger partial charge in [-0.2, -0.15) is 11.8 Å². The van der Waals surface area contributed by atoms with E-state index < -0.39 is 11.9 Å². The molecule has 5 heterocycles. The van der Waals surface area contributed by atoms with Gasteiger partial charge in [-0.15, -0.1) is 4.41 Å². The van der Waals surface area contributed by atoms with Crippen LogP contribution in [0.2, 0.25) is 0 Å². The number of aromatic amines is 2. The fraction of sp³-hybridized carbons (Fsp3) is 0.381. The van der Waals surface area contributed by atoms with Gasteiger partial charge >= 0.3 is 6.09 Å². The summed E-state index contributed by atoms with van der Waals surface area (Å²) < 4.78 is 18.5. The van der Waals surface area contributed by atoms with Gasteiger partial charge in [-0.05, 0) is 78.1 Å². The van der Waals surface area contributed by atoms with E-state index in [2.05, 4.69) is 56.4 Å². The van der Waals surface area contributed by atoms with E-state index in [-0.39, 0.29) is 42.4 Å². The minimum absolute atomic E-state index is 0.0273. The van der Waals surface area contributed by atoms with Crippen LogP contribution >= 0.6 is 23.7 Å². The maximum absolute atomic E-state index is 13.4. The van der Waals surface area contributed by atoms with Crippen molar-refractivity contribution in [1.82, 2.24) is 39.6 Å². The van der Waals surface area contributed by atoms with Crippen LogP contribution in [0.1, 0.15) is 44.0 Å². The molecule has 3 aromatic carbocycles. The number of imidazole rings is 1. The van der Waals surface area contributed by atoms with Crippen molar-refractivity contribution >= 4 is 63.3 Å². The van der Waals surface area contributed by atoms with Crippen LogP contribution in [0.5, 0.6) is 0 Å². The number of fused-ring (bicyclic) bond motifs is 3. The molecule has 59 heavy (non-hydrogen) atoms. The van der Waals surface area contributed by atoms with E-state index in [1.165, 1.54) is 30.8 Å². The maximum Gasteiger partial charge on any atom is 0.407 e. The molecule has 4 aliphatic rings. The Kier molecular flexibility index (Phi) is 11.0. The number of nitrogens with one attached hydrogen (secondary N) is 3. The first kappa shape index (κ1) is 39.3. The Morgan fingerprint density at radius 2 is 1.75 bits per heavy atom. The zero-order chi connectivity index (χ0) is 40.7. The lowest BCUT2D eigenvalue weighted by Gasteiger charge is -2.43. The van der Waals surface area contributed by atoms with Crippen LogP contribution in [0, 0.1) is 5.92 Å². The Morgan fingerprint density at radius 1 is 0.983 bits per heavy atom. The van der Waals surface area contributed by atoms with Gasteiger partial charge in [0.1, 0.15) is 12.4 Å². The summed E-state index contributed by atoms with van der Waals surface area (Å²) in [6, 6.07) is 17.8. The molecule has 0 bridgehead atoms. The van der Waals surface area contributed by atoms with Crippen molar-refractivity contribution in [2.24, 2.45) is 5.92 Å². The summed E-state index contributed by atoms with van der Waals surface area (Å²) >= 11 is 2.80. The number of amides is 3. The summed E-state index contributed by atoms with van der Waals surface area (Å²) in [6.45, 7) is 1.59. The predicted molar refractivity (Wildman–Crippen MR) is 225 cm³/mol. The summed E-state index contributed by atoms with van der Waals surface area (Å²) in [6.07, 6.45) is 9.44. The number of piperidine rings is 1. The molecule has 0 unspecified atom stereocenters. The van der Waals surface area contributed by atoms with Crippen molar-refractivity contribution < 1.29 is 28.6 Å². The molecule has 17 heteroatoms. The third-order valence-corrected chi connectivity index (χ3v) is 12.9. The fourth-order valence-corrected chi connectivity index (χ4v) is 9.92. The topological polar surface area (TPSA) is 175 Å². The van der Waals surface area contributed by atoms with Gasteiger partial charge in [0, 0.05) is 42.1 Å². The summed E-state index contributed by atoms with van der Waals surface area (Å²) in [4.78, 5) is 69.3. The monoisotopic (exact) mass is 836 g/mol. The molecule has 2 aromatic heterocycles. The molecule has 0 saturated carbocycles. The molecule has 15 nitrogen and oxygen atoms in total. The number of carbonyl (C=O) groups is 3. The van der Waals surface area contributed by atoms with Crippen molar-refractivity contribution in [3.63, 3.8) is 0 Å². The zero-order valence-corrected chi connectivity index (χ0v) is 34.3. The minimum Gasteiger partial charge on any atom is -0.453 e. The highest BCUT2D eigenvalue weighted by atomic mass is 32.2. The van der Waals surface area contributed by atoms with E-state index in [1.807, 2.05) is 34.9 Å². The number of likely N-dealkylation sites (tertiary alicyclic amines) is 1. The molecular weight excluding hydrogens is 793 g/mol. The highest BCUT2D eigenvalue weighted by molar-refractivity contribution is 7.99. The Hall–Kier alpha value is -5.20. The highest BCUT2D eigenvalue weighted by Gasteiger charge is 2.47. The number of ether oxygens (including phenoxy) is 3. The number of benzene rings is 3. The summed E-state index contributed by atoms with van der Waals surface area (Å²) in [7, 11) is 1.25. The van der Waals surface area contributed by atoms with Crippen LogP contribution < -0.4 is 10.9 Å². The maximum atomic E-state index is 13.4. The molecule has 3 fully saturated rings. The number of rotatable bonds is 9. The molecule has 5 aromatic rings. The van der Waals surface area contributed by atoms with Crippen LogP contribution in [-0.4, -0.2) is 110 Å². The van der Waals surface area contributed by atoms with E-state index in [9.17, 15) is 19.2 Å². The van der Waals surface area contributed by atoms with Crippen LogP contribution in [0.3, 0.4) is 0 Å². The summed E-state index contributed by atoms with van der Waals surface area (Å²) in [5.74, 6) is 0.160. The second-order valence-corrected chi connectivity index (χ2v) is 17.0. The third-order valence-electron chi connectivity index (χ3n) is 11.4. The number of H-pyrrole nitrogens is 2. The van der Waals surface area contributed by atoms with E-state index in [0.29, 0.717) is 60.2 Å². The summed E-state index contributed by atoms with van der Waals surface area (Å²) in [5.41, 5.74) is 5.05. The first-order chi connectivity index (χ1) is 28.7. The number of alkyl carbamates (subject to hydrolysis) is 1. The molecule has 3 saturated heterocycles. The first-order valence-corrected chi connectivity index (χ1v) is 21.9. The highest BCUT2D eigenvalue weighted by Crippen LogP contribution is 2.42. The normalized spacial score (nSPS) is 20.3. The largest absolute Gasteiger partial charge is 0.453 e. The fourth-order valence-electron chi connectivity index (χ4n) is 8.55. The zero-order valence-electron chi connectivity index (χ0n) is 32.7. The Bertz CT molecular complexity index is 2540. The standard InChI is InChI=1S/C42H44N8O7S2/c1-55-41(54)44-21-36(51)48-24-42(56-15-16-57-42)14-13-35(48)38-43-20-33(45-38)29-10-9-25-17-26(7-8-27(25)18-29)28-11-12-31-32(19-28)46-40(47-39(31)53)59-49-22-30-5-3-4-6-34(30)50(49)37(52)23-58-2/h6-12,17-20,30,35H,3-5,13-16,21-24H2,1-2H3,(H,43,45)(H,44,54)(H,46,47,53)/t30-,35-/m0/s1. The van der Waals surface area contributed by atoms with Crippen molar-refractivity contribution in [2.45, 2.75) is 49.1 Å². The van der Waals surface area contributed by atoms with Crippen molar-refractivity contribution in [3.05, 3.63) is 88.7 Å². The van der Waals surface area contributed by atoms with Gasteiger partial charge in [0.15, 0.2) is 10.9 Å². The number of carbonyl (C=O) groups excluding carboxylic acids is 3. The number of nitrogens with zero attached hydrogens (tertiary/aromatic N) is 5. The van der Waals surface area contributed by atoms with Crippen LogP contribution in [-0.2, 0) is 23.8 Å². The molecule has 2 atom stereocenters. The Morgan fingerprint density at radius 3 is 2.54 bits per heavy atom. The molecule has 0 radical (unpaired) electrons. The smallest absolute Gasteiger partial charge is 0.407 e. The van der Waals surface area contributed by atoms with Gasteiger partial charge in [0.05, 0.1) is 61.5 Å². The molecular formula is C42H44N8O7S2. The van der Waals surface area contributed by atoms with Crippen LogP contribution in [0.25, 0.3) is 44.1 Å². The SMILES string of the molecule is COC(=O)NCC(=O)N1CC2(CC[C@H]1c1ncc(-c3ccc4cc(-c5ccc6c(=O)[nH]c(SN7C[C@@H]8CCCC=C8N7C(=O)CSC)nc6c5)ccc4c3)[nH]1)OCCO2. The number of methoxy groups -OCH3 is 1. The first-order valence-electron chi connectivity index (χ1n) is 19.7. The minimum atomic E-state index is -0.865. The lowest BCUT2D eigenvalue weighted by Crippen LogP contribution is -2.54. The van der Waals surface area contributed by atoms with Crippen molar-refractivity contribution in [2.75, 3.05) is 52.0 Å². The lowest BCUT2D eigenvalue weighted by molar-refractivity contribution is -0.201. The van der Waals surface area contributed by atoms with Crippen molar-refractivity contribution in [1.29, 1.82) is 0 Å². The average molecular weight is 837 g/mol. The second-order valence-electron chi connectivity index (χ2n) is 15.1. The number of hydrogen-bond donors (Lipinski definition) is 3. The van der Waals surface area contributed by atoms with E-state index >= 15 is 0 Å². The Labute approximate surface area is 348 Å². The molecule has 3 amide bonds. The molecule has 3 aliphatic heterocycles. The predicted octanol–water partition coefficient (Wildman–Crippen LogP) is 6.01. The van der Waals surface area contributed by atoms with Crippen LogP contribution in [0.15, 0.2) is 82.5 Å². The van der Waals surface area contributed by atoms with Crippen LogP contribution in [0.4, 0.5) is 4.79 Å². The van der Waals surface area contributed by atoms with Gasteiger partial charge in [-0.3, -0.25) is 19.4 Å². The quantitative estimate of drug-likeness (QED) is 0.117. The Balaban J connectivity index is 0.940. The summed E-state index contributed by atoms with van der Waals surface area (Å²) in [5, 5.41) is 7.26. The van der Waals surface area contributed by atoms with E-state index in [1.54, 1.807) is 16.1 Å².